The molecule has 0 saturated carbocycles. The first-order chi connectivity index (χ1) is 11.8. The number of hydrogen-bond acceptors (Lipinski definition) is 4. The third-order valence-electron chi connectivity index (χ3n) is 4.16. The molecule has 126 valence electrons. The van der Waals surface area contributed by atoms with Gasteiger partial charge in [-0.15, -0.1) is 11.8 Å². The second-order valence-corrected chi connectivity index (χ2v) is 7.06. The molecular formula is C19H23N3OS. The number of amides is 1. The minimum absolute atomic E-state index is 0.274. The van der Waals surface area contributed by atoms with E-state index in [2.05, 4.69) is 28.1 Å². The SMILES string of the molecule is O=C(CCSc1ccccc1)N1CCN(Cc2ccccn2)CC1. The van der Waals surface area contributed by atoms with Crippen molar-refractivity contribution >= 4 is 17.7 Å². The Bertz CT molecular complexity index is 628. The van der Waals surface area contributed by atoms with Gasteiger partial charge in [0.2, 0.25) is 5.91 Å². The normalized spacial score (nSPS) is 15.4. The molecule has 0 unspecified atom stereocenters. The van der Waals surface area contributed by atoms with Crippen LogP contribution in [0.5, 0.6) is 0 Å². The molecule has 0 bridgehead atoms. The van der Waals surface area contributed by atoms with Crippen LogP contribution in [0.4, 0.5) is 0 Å². The predicted molar refractivity (Wildman–Crippen MR) is 97.9 cm³/mol. The number of aromatic nitrogens is 1. The van der Waals surface area contributed by atoms with Crippen molar-refractivity contribution in [2.45, 2.75) is 17.9 Å². The maximum Gasteiger partial charge on any atom is 0.223 e. The van der Waals surface area contributed by atoms with Crippen LogP contribution in [0.1, 0.15) is 12.1 Å². The minimum Gasteiger partial charge on any atom is -0.340 e. The number of piperazine rings is 1. The first kappa shape index (κ1) is 17.0. The van der Waals surface area contributed by atoms with Gasteiger partial charge in [0.25, 0.3) is 0 Å². The molecule has 0 aliphatic carbocycles. The van der Waals surface area contributed by atoms with Crippen LogP contribution >= 0.6 is 11.8 Å². The third kappa shape index (κ3) is 5.08. The summed E-state index contributed by atoms with van der Waals surface area (Å²) in [5.41, 5.74) is 1.09. The van der Waals surface area contributed by atoms with Crippen LogP contribution in [0.3, 0.4) is 0 Å². The topological polar surface area (TPSA) is 36.4 Å². The predicted octanol–water partition coefficient (Wildman–Crippen LogP) is 2.91. The van der Waals surface area contributed by atoms with Crippen LogP contribution in [-0.2, 0) is 11.3 Å². The molecule has 5 heteroatoms. The number of carbonyl (C=O) groups is 1. The van der Waals surface area contributed by atoms with E-state index in [1.165, 1.54) is 4.90 Å². The molecule has 0 atom stereocenters. The third-order valence-corrected chi connectivity index (χ3v) is 5.18. The van der Waals surface area contributed by atoms with E-state index in [-0.39, 0.29) is 5.91 Å². The Morgan fingerprint density at radius 1 is 1.00 bits per heavy atom. The zero-order chi connectivity index (χ0) is 16.6. The Labute approximate surface area is 147 Å². The Morgan fingerprint density at radius 2 is 1.75 bits per heavy atom. The van der Waals surface area contributed by atoms with Crippen LogP contribution in [0.25, 0.3) is 0 Å². The lowest BCUT2D eigenvalue weighted by atomic mass is 10.2. The van der Waals surface area contributed by atoms with Gasteiger partial charge >= 0.3 is 0 Å². The molecule has 1 aromatic carbocycles. The molecule has 0 N–H and O–H groups in total. The summed E-state index contributed by atoms with van der Waals surface area (Å²) in [5, 5.41) is 0. The highest BCUT2D eigenvalue weighted by Gasteiger charge is 2.20. The van der Waals surface area contributed by atoms with Gasteiger partial charge in [0, 0.05) is 56.0 Å². The van der Waals surface area contributed by atoms with E-state index >= 15 is 0 Å². The Hall–Kier alpha value is -1.85. The lowest BCUT2D eigenvalue weighted by Crippen LogP contribution is -2.48. The fraction of sp³-hybridized carbons (Fsp3) is 0.368. The highest BCUT2D eigenvalue weighted by Crippen LogP contribution is 2.18. The van der Waals surface area contributed by atoms with Gasteiger partial charge in [-0.25, -0.2) is 0 Å². The number of rotatable bonds is 6. The molecule has 0 spiro atoms. The van der Waals surface area contributed by atoms with E-state index in [1.807, 2.05) is 41.4 Å². The zero-order valence-electron chi connectivity index (χ0n) is 13.8. The Balaban J connectivity index is 1.37. The highest BCUT2D eigenvalue weighted by molar-refractivity contribution is 7.99. The summed E-state index contributed by atoms with van der Waals surface area (Å²) in [6.07, 6.45) is 2.44. The van der Waals surface area contributed by atoms with Gasteiger partial charge in [-0.05, 0) is 24.3 Å². The van der Waals surface area contributed by atoms with Crippen molar-refractivity contribution in [2.24, 2.45) is 0 Å². The smallest absolute Gasteiger partial charge is 0.223 e. The van der Waals surface area contributed by atoms with E-state index in [0.29, 0.717) is 6.42 Å². The van der Waals surface area contributed by atoms with Crippen molar-refractivity contribution in [3.63, 3.8) is 0 Å². The lowest BCUT2D eigenvalue weighted by Gasteiger charge is -2.34. The summed E-state index contributed by atoms with van der Waals surface area (Å²) in [5.74, 6) is 1.12. The molecule has 2 heterocycles. The van der Waals surface area contributed by atoms with Crippen molar-refractivity contribution in [3.05, 3.63) is 60.4 Å². The minimum atomic E-state index is 0.274. The molecule has 1 aliphatic heterocycles. The second kappa shape index (κ2) is 8.85. The molecule has 0 radical (unpaired) electrons. The number of carbonyl (C=O) groups excluding carboxylic acids is 1. The van der Waals surface area contributed by atoms with Crippen LogP contribution in [0.15, 0.2) is 59.6 Å². The van der Waals surface area contributed by atoms with Crippen LogP contribution < -0.4 is 0 Å². The molecule has 2 aromatic rings. The van der Waals surface area contributed by atoms with Crippen LogP contribution in [0, 0.1) is 0 Å². The standard InChI is InChI=1S/C19H23N3OS/c23-19(9-15-24-18-7-2-1-3-8-18)22-13-11-21(12-14-22)16-17-6-4-5-10-20-17/h1-8,10H,9,11-16H2. The summed E-state index contributed by atoms with van der Waals surface area (Å²) in [4.78, 5) is 22.3. The number of pyridine rings is 1. The number of benzene rings is 1. The van der Waals surface area contributed by atoms with Crippen LogP contribution in [-0.4, -0.2) is 52.6 Å². The quantitative estimate of drug-likeness (QED) is 0.757. The van der Waals surface area contributed by atoms with Crippen molar-refractivity contribution in [2.75, 3.05) is 31.9 Å². The van der Waals surface area contributed by atoms with E-state index in [1.54, 1.807) is 11.8 Å². The van der Waals surface area contributed by atoms with Gasteiger partial charge in [0.1, 0.15) is 0 Å². The number of hydrogen-bond donors (Lipinski definition) is 0. The fourth-order valence-corrected chi connectivity index (χ4v) is 3.67. The van der Waals surface area contributed by atoms with Crippen LogP contribution in [0.2, 0.25) is 0 Å². The molecule has 1 saturated heterocycles. The molecule has 1 aromatic heterocycles. The van der Waals surface area contributed by atoms with Gasteiger partial charge in [-0.3, -0.25) is 14.7 Å². The van der Waals surface area contributed by atoms with E-state index in [4.69, 9.17) is 0 Å². The second-order valence-electron chi connectivity index (χ2n) is 5.89. The first-order valence-corrected chi connectivity index (χ1v) is 9.38. The van der Waals surface area contributed by atoms with Crippen molar-refractivity contribution in [1.29, 1.82) is 0 Å². The average molecular weight is 341 g/mol. The zero-order valence-corrected chi connectivity index (χ0v) is 14.6. The Kier molecular flexibility index (Phi) is 6.26. The van der Waals surface area contributed by atoms with Gasteiger partial charge < -0.3 is 4.90 Å². The summed E-state index contributed by atoms with van der Waals surface area (Å²) in [6, 6.07) is 16.3. The fourth-order valence-electron chi connectivity index (χ4n) is 2.81. The average Bonchev–Trinajstić information content (AvgIpc) is 2.64. The van der Waals surface area contributed by atoms with Crippen molar-refractivity contribution in [3.8, 4) is 0 Å². The summed E-state index contributed by atoms with van der Waals surface area (Å²) in [7, 11) is 0. The maximum atomic E-state index is 12.3. The summed E-state index contributed by atoms with van der Waals surface area (Å²) in [6.45, 7) is 4.36. The molecule has 1 amide bonds. The number of thioether (sulfide) groups is 1. The molecule has 24 heavy (non-hydrogen) atoms. The first-order valence-electron chi connectivity index (χ1n) is 8.39. The molecular weight excluding hydrogens is 318 g/mol. The summed E-state index contributed by atoms with van der Waals surface area (Å²) < 4.78 is 0. The van der Waals surface area contributed by atoms with Gasteiger partial charge in [-0.1, -0.05) is 24.3 Å². The van der Waals surface area contributed by atoms with E-state index < -0.39 is 0 Å². The number of nitrogens with zero attached hydrogens (tertiary/aromatic N) is 3. The van der Waals surface area contributed by atoms with Gasteiger partial charge in [0.05, 0.1) is 5.69 Å². The van der Waals surface area contributed by atoms with Crippen molar-refractivity contribution in [1.82, 2.24) is 14.8 Å². The Morgan fingerprint density at radius 3 is 2.46 bits per heavy atom. The molecule has 3 rings (SSSR count). The van der Waals surface area contributed by atoms with Gasteiger partial charge in [0.15, 0.2) is 0 Å². The van der Waals surface area contributed by atoms with Crippen molar-refractivity contribution < 1.29 is 4.79 Å². The van der Waals surface area contributed by atoms with E-state index in [0.717, 1.165) is 44.2 Å². The lowest BCUT2D eigenvalue weighted by molar-refractivity contribution is -0.132. The molecule has 1 fully saturated rings. The monoisotopic (exact) mass is 341 g/mol. The molecule has 4 nitrogen and oxygen atoms in total. The van der Waals surface area contributed by atoms with E-state index in [9.17, 15) is 4.79 Å². The maximum absolute atomic E-state index is 12.3. The van der Waals surface area contributed by atoms with Gasteiger partial charge in [-0.2, -0.15) is 0 Å². The molecule has 1 aliphatic rings. The largest absolute Gasteiger partial charge is 0.340 e. The summed E-state index contributed by atoms with van der Waals surface area (Å²) >= 11 is 1.75. The highest BCUT2D eigenvalue weighted by atomic mass is 32.2.